The summed E-state index contributed by atoms with van der Waals surface area (Å²) in [4.78, 5) is 25.3. The average molecular weight is 383 g/mol. The zero-order valence-corrected chi connectivity index (χ0v) is 14.1. The first-order valence-corrected chi connectivity index (χ1v) is 8.18. The summed E-state index contributed by atoms with van der Waals surface area (Å²) in [5, 5.41) is 6.39. The zero-order chi connectivity index (χ0) is 16.6. The Kier molecular flexibility index (Phi) is 4.34. The number of hydrogen-bond acceptors (Lipinski definition) is 3. The van der Waals surface area contributed by atoms with E-state index in [0.29, 0.717) is 36.2 Å². The van der Waals surface area contributed by atoms with E-state index < -0.39 is 11.5 Å². The minimum atomic E-state index is -0.500. The van der Waals surface area contributed by atoms with Crippen molar-refractivity contribution in [1.29, 1.82) is 0 Å². The van der Waals surface area contributed by atoms with Crippen molar-refractivity contribution in [2.45, 2.75) is 19.8 Å². The number of aromatic amines is 1. The number of carbonyl (C=O) groups is 1. The number of rotatable bonds is 4. The molecule has 2 heterocycles. The SMILES string of the molecule is CCC(=O)N1CC(Cc2n[nH]c(=O)n2-c2ccc(Br)cc2F)C1. The Balaban J connectivity index is 1.81. The summed E-state index contributed by atoms with van der Waals surface area (Å²) in [6, 6.07) is 4.52. The third kappa shape index (κ3) is 3.08. The standard InChI is InChI=1S/C15H16BrFN4O2/c1-2-14(22)20-7-9(8-20)5-13-18-19-15(23)21(13)12-4-3-10(16)6-11(12)17/h3-4,6,9H,2,5,7-8H2,1H3,(H,19,23). The second-order valence-corrected chi connectivity index (χ2v) is 6.51. The molecule has 0 spiro atoms. The van der Waals surface area contributed by atoms with E-state index in [1.54, 1.807) is 11.0 Å². The van der Waals surface area contributed by atoms with Gasteiger partial charge in [-0.2, -0.15) is 5.10 Å². The van der Waals surface area contributed by atoms with Crippen molar-refractivity contribution >= 4 is 21.8 Å². The molecule has 1 aliphatic rings. The number of carbonyl (C=O) groups excluding carboxylic acids is 1. The summed E-state index contributed by atoms with van der Waals surface area (Å²) in [5.74, 6) is 0.336. The van der Waals surface area contributed by atoms with Gasteiger partial charge in [-0.15, -0.1) is 0 Å². The largest absolute Gasteiger partial charge is 0.348 e. The molecule has 1 amide bonds. The highest BCUT2D eigenvalue weighted by atomic mass is 79.9. The minimum absolute atomic E-state index is 0.125. The van der Waals surface area contributed by atoms with Gasteiger partial charge in [-0.1, -0.05) is 22.9 Å². The van der Waals surface area contributed by atoms with Gasteiger partial charge >= 0.3 is 5.69 Å². The summed E-state index contributed by atoms with van der Waals surface area (Å²) in [5.41, 5.74) is -0.301. The van der Waals surface area contributed by atoms with Crippen LogP contribution in [-0.4, -0.2) is 38.7 Å². The van der Waals surface area contributed by atoms with Crippen LogP contribution in [0, 0.1) is 11.7 Å². The first-order valence-electron chi connectivity index (χ1n) is 7.39. The molecular formula is C15H16BrFN4O2. The van der Waals surface area contributed by atoms with Gasteiger partial charge in [-0.25, -0.2) is 18.9 Å². The molecular weight excluding hydrogens is 367 g/mol. The molecule has 0 radical (unpaired) electrons. The third-order valence-corrected chi connectivity index (χ3v) is 4.47. The first kappa shape index (κ1) is 15.9. The Morgan fingerprint density at radius 3 is 2.87 bits per heavy atom. The molecule has 2 aromatic rings. The highest BCUT2D eigenvalue weighted by Crippen LogP contribution is 2.23. The van der Waals surface area contributed by atoms with Crippen LogP contribution in [0.25, 0.3) is 5.69 Å². The van der Waals surface area contributed by atoms with Gasteiger partial charge in [0.2, 0.25) is 5.91 Å². The highest BCUT2D eigenvalue weighted by Gasteiger charge is 2.31. The molecule has 23 heavy (non-hydrogen) atoms. The maximum absolute atomic E-state index is 14.1. The fourth-order valence-electron chi connectivity index (χ4n) is 2.76. The number of aromatic nitrogens is 3. The third-order valence-electron chi connectivity index (χ3n) is 3.98. The van der Waals surface area contributed by atoms with Crippen LogP contribution in [0.15, 0.2) is 27.5 Å². The molecule has 0 unspecified atom stereocenters. The van der Waals surface area contributed by atoms with Crippen molar-refractivity contribution in [3.8, 4) is 5.69 Å². The molecule has 6 nitrogen and oxygen atoms in total. The van der Waals surface area contributed by atoms with Gasteiger partial charge in [-0.05, 0) is 18.2 Å². The van der Waals surface area contributed by atoms with Crippen molar-refractivity contribution in [2.75, 3.05) is 13.1 Å². The second kappa shape index (κ2) is 6.27. The van der Waals surface area contributed by atoms with Crippen molar-refractivity contribution in [3.63, 3.8) is 0 Å². The molecule has 1 aliphatic heterocycles. The van der Waals surface area contributed by atoms with Gasteiger partial charge in [0.25, 0.3) is 0 Å². The van der Waals surface area contributed by atoms with E-state index in [0.717, 1.165) is 0 Å². The van der Waals surface area contributed by atoms with Crippen LogP contribution in [0.2, 0.25) is 0 Å². The van der Waals surface area contributed by atoms with E-state index in [1.807, 2.05) is 6.92 Å². The van der Waals surface area contributed by atoms with Crippen LogP contribution >= 0.6 is 15.9 Å². The molecule has 1 N–H and O–H groups in total. The normalized spacial score (nSPS) is 14.8. The monoisotopic (exact) mass is 382 g/mol. The van der Waals surface area contributed by atoms with E-state index in [4.69, 9.17) is 0 Å². The molecule has 1 saturated heterocycles. The van der Waals surface area contributed by atoms with E-state index in [2.05, 4.69) is 26.1 Å². The van der Waals surface area contributed by atoms with E-state index >= 15 is 0 Å². The lowest BCUT2D eigenvalue weighted by Crippen LogP contribution is -2.50. The lowest BCUT2D eigenvalue weighted by atomic mass is 9.95. The molecule has 1 aromatic heterocycles. The van der Waals surface area contributed by atoms with E-state index in [1.165, 1.54) is 16.7 Å². The van der Waals surface area contributed by atoms with Gasteiger partial charge in [0.05, 0.1) is 5.69 Å². The number of amides is 1. The Hall–Kier alpha value is -1.96. The average Bonchev–Trinajstić information content (AvgIpc) is 2.83. The van der Waals surface area contributed by atoms with Crippen molar-refractivity contribution in [3.05, 3.63) is 44.8 Å². The van der Waals surface area contributed by atoms with Gasteiger partial charge in [0, 0.05) is 36.3 Å². The number of nitrogens with zero attached hydrogens (tertiary/aromatic N) is 3. The van der Waals surface area contributed by atoms with Crippen molar-refractivity contribution in [2.24, 2.45) is 5.92 Å². The molecule has 1 fully saturated rings. The maximum atomic E-state index is 14.1. The molecule has 122 valence electrons. The van der Waals surface area contributed by atoms with Crippen LogP contribution in [-0.2, 0) is 11.2 Å². The summed E-state index contributed by atoms with van der Waals surface area (Å²) in [6.45, 7) is 3.13. The summed E-state index contributed by atoms with van der Waals surface area (Å²) in [6.07, 6.45) is 1.01. The van der Waals surface area contributed by atoms with E-state index in [9.17, 15) is 14.0 Å². The Labute approximate surface area is 140 Å². The molecule has 1 aromatic carbocycles. The maximum Gasteiger partial charge on any atom is 0.348 e. The smallest absolute Gasteiger partial charge is 0.342 e. The fraction of sp³-hybridized carbons (Fsp3) is 0.400. The highest BCUT2D eigenvalue weighted by molar-refractivity contribution is 9.10. The number of benzene rings is 1. The van der Waals surface area contributed by atoms with Gasteiger partial charge < -0.3 is 4.90 Å². The number of hydrogen-bond donors (Lipinski definition) is 1. The van der Waals surface area contributed by atoms with Crippen molar-refractivity contribution in [1.82, 2.24) is 19.7 Å². The predicted octanol–water partition coefficient (Wildman–Crippen LogP) is 1.87. The number of halogens is 2. The Bertz CT molecular complexity index is 795. The van der Waals surface area contributed by atoms with Crippen LogP contribution in [0.1, 0.15) is 19.2 Å². The minimum Gasteiger partial charge on any atom is -0.342 e. The number of H-pyrrole nitrogens is 1. The number of likely N-dealkylation sites (tertiary alicyclic amines) is 1. The summed E-state index contributed by atoms with van der Waals surface area (Å²) >= 11 is 3.20. The lowest BCUT2D eigenvalue weighted by molar-refractivity contribution is -0.137. The Morgan fingerprint density at radius 2 is 2.22 bits per heavy atom. The molecule has 8 heteroatoms. The fourth-order valence-corrected chi connectivity index (χ4v) is 3.10. The van der Waals surface area contributed by atoms with Crippen LogP contribution in [0.3, 0.4) is 0 Å². The second-order valence-electron chi connectivity index (χ2n) is 5.60. The zero-order valence-electron chi connectivity index (χ0n) is 12.6. The predicted molar refractivity (Wildman–Crippen MR) is 85.9 cm³/mol. The number of nitrogens with one attached hydrogen (secondary N) is 1. The van der Waals surface area contributed by atoms with E-state index in [-0.39, 0.29) is 17.5 Å². The summed E-state index contributed by atoms with van der Waals surface area (Å²) < 4.78 is 16.0. The van der Waals surface area contributed by atoms with Gasteiger partial charge in [0.1, 0.15) is 11.6 Å². The van der Waals surface area contributed by atoms with Crippen LogP contribution in [0.4, 0.5) is 4.39 Å². The lowest BCUT2D eigenvalue weighted by Gasteiger charge is -2.39. The quantitative estimate of drug-likeness (QED) is 0.877. The molecule has 3 rings (SSSR count). The summed E-state index contributed by atoms with van der Waals surface area (Å²) in [7, 11) is 0. The topological polar surface area (TPSA) is 71.0 Å². The van der Waals surface area contributed by atoms with Crippen LogP contribution < -0.4 is 5.69 Å². The first-order chi connectivity index (χ1) is 11.0. The Morgan fingerprint density at radius 1 is 1.48 bits per heavy atom. The van der Waals surface area contributed by atoms with Crippen molar-refractivity contribution < 1.29 is 9.18 Å². The van der Waals surface area contributed by atoms with Gasteiger partial charge in [-0.3, -0.25) is 4.79 Å². The van der Waals surface area contributed by atoms with Crippen LogP contribution in [0.5, 0.6) is 0 Å². The molecule has 0 atom stereocenters. The molecule has 0 bridgehead atoms. The molecule has 0 aliphatic carbocycles. The molecule has 0 saturated carbocycles. The van der Waals surface area contributed by atoms with Gasteiger partial charge in [0.15, 0.2) is 0 Å².